The van der Waals surface area contributed by atoms with Gasteiger partial charge < -0.3 is 10.2 Å². The van der Waals surface area contributed by atoms with Crippen molar-refractivity contribution in [3.8, 4) is 0 Å². The van der Waals surface area contributed by atoms with Gasteiger partial charge in [-0.25, -0.2) is 0 Å². The second-order valence-electron chi connectivity index (χ2n) is 2.67. The summed E-state index contributed by atoms with van der Waals surface area (Å²) in [5, 5.41) is 3.38. The van der Waals surface area contributed by atoms with Crippen molar-refractivity contribution in [2.45, 2.75) is 12.8 Å². The van der Waals surface area contributed by atoms with Gasteiger partial charge in [0.25, 0.3) is 0 Å². The van der Waals surface area contributed by atoms with Crippen molar-refractivity contribution in [2.24, 2.45) is 0 Å². The van der Waals surface area contributed by atoms with Gasteiger partial charge in [-0.3, -0.25) is 0 Å². The Morgan fingerprint density at radius 2 is 2.44 bits per heavy atom. The van der Waals surface area contributed by atoms with Gasteiger partial charge in [0.15, 0.2) is 0 Å². The van der Waals surface area contributed by atoms with Gasteiger partial charge in [-0.1, -0.05) is 0 Å². The lowest BCUT2D eigenvalue weighted by atomic mass is 10.3. The SMILES string of the molecule is C1=C2CCNCCCN12. The van der Waals surface area contributed by atoms with Crippen molar-refractivity contribution < 1.29 is 0 Å². The summed E-state index contributed by atoms with van der Waals surface area (Å²) in [4.78, 5) is 2.36. The fourth-order valence-electron chi connectivity index (χ4n) is 1.28. The summed E-state index contributed by atoms with van der Waals surface area (Å²) in [7, 11) is 0. The molecule has 2 rings (SSSR count). The molecule has 2 heteroatoms. The molecule has 0 amide bonds. The van der Waals surface area contributed by atoms with E-state index in [9.17, 15) is 0 Å². The first-order valence-corrected chi connectivity index (χ1v) is 3.65. The molecule has 0 unspecified atom stereocenters. The number of hydrogen-bond acceptors (Lipinski definition) is 2. The molecule has 2 nitrogen and oxygen atoms in total. The Bertz CT molecular complexity index is 140. The zero-order valence-corrected chi connectivity index (χ0v) is 5.56. The predicted molar refractivity (Wildman–Crippen MR) is 36.9 cm³/mol. The first-order chi connectivity index (χ1) is 4.47. The van der Waals surface area contributed by atoms with Gasteiger partial charge in [-0.15, -0.1) is 0 Å². The van der Waals surface area contributed by atoms with E-state index in [0.29, 0.717) is 0 Å². The molecule has 0 aromatic rings. The number of nitrogens with one attached hydrogen (secondary N) is 1. The van der Waals surface area contributed by atoms with Gasteiger partial charge >= 0.3 is 0 Å². The minimum Gasteiger partial charge on any atom is -0.348 e. The van der Waals surface area contributed by atoms with E-state index in [1.165, 1.54) is 32.5 Å². The molecule has 0 saturated carbocycles. The number of hydrogen-bond donors (Lipinski definition) is 1. The largest absolute Gasteiger partial charge is 0.348 e. The lowest BCUT2D eigenvalue weighted by Gasteiger charge is -2.10. The Morgan fingerprint density at radius 1 is 1.44 bits per heavy atom. The molecule has 2 aliphatic heterocycles. The second kappa shape index (κ2) is 2.03. The van der Waals surface area contributed by atoms with Crippen molar-refractivity contribution in [3.05, 3.63) is 11.9 Å². The van der Waals surface area contributed by atoms with Crippen LogP contribution in [0.5, 0.6) is 0 Å². The maximum absolute atomic E-state index is 3.38. The maximum atomic E-state index is 3.38. The number of fused-ring (bicyclic) bond motifs is 1. The van der Waals surface area contributed by atoms with Crippen LogP contribution in [-0.4, -0.2) is 24.5 Å². The molecule has 0 spiro atoms. The first-order valence-electron chi connectivity index (χ1n) is 3.65. The van der Waals surface area contributed by atoms with Crippen molar-refractivity contribution >= 4 is 0 Å². The molecule has 0 bridgehead atoms. The van der Waals surface area contributed by atoms with Crippen LogP contribution >= 0.6 is 0 Å². The van der Waals surface area contributed by atoms with E-state index in [0.717, 1.165) is 0 Å². The highest BCUT2D eigenvalue weighted by Crippen LogP contribution is 2.24. The van der Waals surface area contributed by atoms with Crippen LogP contribution in [0, 0.1) is 0 Å². The molecule has 9 heavy (non-hydrogen) atoms. The van der Waals surface area contributed by atoms with Crippen LogP contribution in [0.1, 0.15) is 12.8 Å². The third kappa shape index (κ3) is 1.08. The third-order valence-corrected chi connectivity index (χ3v) is 1.92. The van der Waals surface area contributed by atoms with Crippen LogP contribution in [0.4, 0.5) is 0 Å². The molecular formula is C7H12N2. The normalized spacial score (nSPS) is 25.8. The van der Waals surface area contributed by atoms with Gasteiger partial charge in [-0.2, -0.15) is 0 Å². The molecule has 2 aliphatic rings. The number of rotatable bonds is 0. The van der Waals surface area contributed by atoms with E-state index in [-0.39, 0.29) is 0 Å². The maximum Gasteiger partial charge on any atom is 0.0351 e. The molecule has 50 valence electrons. The smallest absolute Gasteiger partial charge is 0.0351 e. The molecule has 1 saturated heterocycles. The molecule has 0 radical (unpaired) electrons. The average Bonchev–Trinajstić information content (AvgIpc) is 2.46. The minimum atomic E-state index is 1.17. The molecule has 1 N–H and O–H groups in total. The molecule has 0 aliphatic carbocycles. The summed E-state index contributed by atoms with van der Waals surface area (Å²) in [6.07, 6.45) is 4.78. The van der Waals surface area contributed by atoms with E-state index in [1.807, 2.05) is 0 Å². The Kier molecular flexibility index (Phi) is 1.19. The predicted octanol–water partition coefficient (Wildman–Crippen LogP) is 0.527. The van der Waals surface area contributed by atoms with Gasteiger partial charge in [0.1, 0.15) is 0 Å². The third-order valence-electron chi connectivity index (χ3n) is 1.92. The van der Waals surface area contributed by atoms with Crippen LogP contribution < -0.4 is 5.32 Å². The van der Waals surface area contributed by atoms with Crippen LogP contribution in [0.25, 0.3) is 0 Å². The highest BCUT2D eigenvalue weighted by molar-refractivity contribution is 5.19. The van der Waals surface area contributed by atoms with E-state index < -0.39 is 0 Å². The average molecular weight is 124 g/mol. The molecule has 0 aromatic carbocycles. The van der Waals surface area contributed by atoms with Crippen molar-refractivity contribution in [1.29, 1.82) is 0 Å². The molecule has 2 heterocycles. The zero-order chi connectivity index (χ0) is 6.10. The minimum absolute atomic E-state index is 1.17. The topological polar surface area (TPSA) is 15.0 Å². The summed E-state index contributed by atoms with van der Waals surface area (Å²) in [5.74, 6) is 0. The summed E-state index contributed by atoms with van der Waals surface area (Å²) < 4.78 is 0. The van der Waals surface area contributed by atoms with Gasteiger partial charge in [0.05, 0.1) is 0 Å². The van der Waals surface area contributed by atoms with Crippen LogP contribution in [-0.2, 0) is 0 Å². The Labute approximate surface area is 55.5 Å². The van der Waals surface area contributed by atoms with E-state index >= 15 is 0 Å². The Balaban J connectivity index is 1.85. The van der Waals surface area contributed by atoms with Gasteiger partial charge in [-0.05, 0) is 13.0 Å². The molecule has 1 fully saturated rings. The van der Waals surface area contributed by atoms with Gasteiger partial charge in [0, 0.05) is 31.4 Å². The van der Waals surface area contributed by atoms with Crippen molar-refractivity contribution in [3.63, 3.8) is 0 Å². The first kappa shape index (κ1) is 5.30. The molecule has 0 atom stereocenters. The fourth-order valence-corrected chi connectivity index (χ4v) is 1.28. The van der Waals surface area contributed by atoms with Crippen LogP contribution in [0.3, 0.4) is 0 Å². The van der Waals surface area contributed by atoms with E-state index in [1.54, 1.807) is 5.70 Å². The quantitative estimate of drug-likeness (QED) is 0.506. The lowest BCUT2D eigenvalue weighted by Crippen LogP contribution is -2.22. The molecular weight excluding hydrogens is 112 g/mol. The van der Waals surface area contributed by atoms with Gasteiger partial charge in [0.2, 0.25) is 0 Å². The summed E-state index contributed by atoms with van der Waals surface area (Å²) in [6, 6.07) is 0. The summed E-state index contributed by atoms with van der Waals surface area (Å²) in [6.45, 7) is 3.60. The van der Waals surface area contributed by atoms with Crippen molar-refractivity contribution in [1.82, 2.24) is 10.2 Å². The zero-order valence-electron chi connectivity index (χ0n) is 5.56. The molecule has 0 aromatic heterocycles. The highest BCUT2D eigenvalue weighted by atomic mass is 15.2. The van der Waals surface area contributed by atoms with Crippen LogP contribution in [0.15, 0.2) is 11.9 Å². The highest BCUT2D eigenvalue weighted by Gasteiger charge is 2.19. The van der Waals surface area contributed by atoms with E-state index in [2.05, 4.69) is 16.4 Å². The Morgan fingerprint density at radius 3 is 3.44 bits per heavy atom. The number of nitrogens with zero attached hydrogens (tertiary/aromatic N) is 1. The van der Waals surface area contributed by atoms with E-state index in [4.69, 9.17) is 0 Å². The monoisotopic (exact) mass is 124 g/mol. The summed E-state index contributed by atoms with van der Waals surface area (Å²) >= 11 is 0. The second-order valence-corrected chi connectivity index (χ2v) is 2.67. The lowest BCUT2D eigenvalue weighted by molar-refractivity contribution is 0.485. The standard InChI is InChI=1S/C7H12N2/c1-3-8-4-2-7-6-9(7)5-1/h6,8H,1-5H2. The summed E-state index contributed by atoms with van der Waals surface area (Å²) in [5.41, 5.74) is 1.54. The fraction of sp³-hybridized carbons (Fsp3) is 0.714. The van der Waals surface area contributed by atoms with Crippen molar-refractivity contribution in [2.75, 3.05) is 19.6 Å². The van der Waals surface area contributed by atoms with Crippen LogP contribution in [0.2, 0.25) is 0 Å². The Hall–Kier alpha value is -0.500.